The molecule has 1 saturated carbocycles. The summed E-state index contributed by atoms with van der Waals surface area (Å²) in [6, 6.07) is 0. The van der Waals surface area contributed by atoms with E-state index in [9.17, 15) is 0 Å². The minimum absolute atomic E-state index is 0.401. The molecule has 34 heavy (non-hydrogen) atoms. The highest BCUT2D eigenvalue weighted by Crippen LogP contribution is 2.31. The lowest BCUT2D eigenvalue weighted by atomic mass is 9.97. The van der Waals surface area contributed by atoms with Gasteiger partial charge in [-0.25, -0.2) is 19.6 Å². The minimum atomic E-state index is -0.821. The van der Waals surface area contributed by atoms with Crippen molar-refractivity contribution in [1.82, 2.24) is 0 Å². The van der Waals surface area contributed by atoms with Gasteiger partial charge in [0.1, 0.15) is 5.60 Å². The summed E-state index contributed by atoms with van der Waals surface area (Å²) in [5, 5.41) is 0. The van der Waals surface area contributed by atoms with Crippen LogP contribution in [0.25, 0.3) is 0 Å². The Bertz CT molecular complexity index is 468. The fourth-order valence-corrected chi connectivity index (χ4v) is 5.09. The quantitative estimate of drug-likeness (QED) is 0.171. The Hall–Kier alpha value is 0.490. The molecular formula is C27H51IO6. The summed E-state index contributed by atoms with van der Waals surface area (Å²) < 4.78 is 0.818. The Morgan fingerprint density at radius 3 is 1.32 bits per heavy atom. The maximum atomic E-state index is 6.05. The van der Waals surface area contributed by atoms with Crippen LogP contribution in [0, 0.1) is 0 Å². The fraction of sp³-hybridized carbons (Fsp3) is 1.00. The molecule has 202 valence electrons. The first-order valence-corrected chi connectivity index (χ1v) is 15.7. The SMILES string of the molecule is CC1(CI)CCOOC2(CCCCCCCCCCC2)OOCCCCCCCCCCOO1. The van der Waals surface area contributed by atoms with Crippen molar-refractivity contribution in [3.8, 4) is 0 Å². The Morgan fingerprint density at radius 2 is 0.853 bits per heavy atom. The molecule has 0 aromatic rings. The molecule has 1 aliphatic carbocycles. The summed E-state index contributed by atoms with van der Waals surface area (Å²) in [6.07, 6.45) is 22.9. The van der Waals surface area contributed by atoms with Crippen LogP contribution in [0.15, 0.2) is 0 Å². The average Bonchev–Trinajstić information content (AvgIpc) is 2.83. The van der Waals surface area contributed by atoms with E-state index < -0.39 is 11.4 Å². The first-order chi connectivity index (χ1) is 16.7. The largest absolute Gasteiger partial charge is 0.236 e. The van der Waals surface area contributed by atoms with Crippen LogP contribution in [-0.2, 0) is 29.3 Å². The van der Waals surface area contributed by atoms with Gasteiger partial charge in [0.05, 0.1) is 19.8 Å². The molecule has 2 rings (SSSR count). The second kappa shape index (κ2) is 19.6. The van der Waals surface area contributed by atoms with Gasteiger partial charge in [-0.15, -0.1) is 0 Å². The van der Waals surface area contributed by atoms with E-state index in [1.807, 2.05) is 0 Å². The zero-order valence-electron chi connectivity index (χ0n) is 21.8. The van der Waals surface area contributed by atoms with Crippen LogP contribution >= 0.6 is 22.6 Å². The van der Waals surface area contributed by atoms with Crippen molar-refractivity contribution in [3.05, 3.63) is 0 Å². The molecule has 0 aromatic carbocycles. The number of alkyl halides is 1. The zero-order valence-corrected chi connectivity index (χ0v) is 24.0. The van der Waals surface area contributed by atoms with E-state index in [1.165, 1.54) is 83.5 Å². The summed E-state index contributed by atoms with van der Waals surface area (Å²) in [5.74, 6) is -0.821. The molecule has 2 fully saturated rings. The third-order valence-electron chi connectivity index (χ3n) is 7.00. The van der Waals surface area contributed by atoms with Gasteiger partial charge in [0.2, 0.25) is 5.79 Å². The molecular weight excluding hydrogens is 547 g/mol. The number of rotatable bonds is 1. The highest BCUT2D eigenvalue weighted by Gasteiger charge is 2.35. The molecule has 6 nitrogen and oxygen atoms in total. The molecule has 0 radical (unpaired) electrons. The summed E-state index contributed by atoms with van der Waals surface area (Å²) in [7, 11) is 0. The van der Waals surface area contributed by atoms with Gasteiger partial charge < -0.3 is 0 Å². The van der Waals surface area contributed by atoms with Gasteiger partial charge in [-0.1, -0.05) is 106 Å². The van der Waals surface area contributed by atoms with Crippen LogP contribution in [0.5, 0.6) is 0 Å². The zero-order chi connectivity index (χ0) is 24.2. The smallest absolute Gasteiger partial charge is 0.233 e. The van der Waals surface area contributed by atoms with Gasteiger partial charge in [-0.2, -0.15) is 9.78 Å². The van der Waals surface area contributed by atoms with Crippen LogP contribution in [0.4, 0.5) is 0 Å². The maximum absolute atomic E-state index is 6.05. The number of halogens is 1. The fourth-order valence-electron chi connectivity index (χ4n) is 4.58. The second-order valence-electron chi connectivity index (χ2n) is 10.5. The molecule has 0 amide bonds. The third-order valence-corrected chi connectivity index (χ3v) is 8.61. The number of hydrogen-bond acceptors (Lipinski definition) is 6. The highest BCUT2D eigenvalue weighted by molar-refractivity contribution is 14.1. The van der Waals surface area contributed by atoms with Crippen LogP contribution < -0.4 is 0 Å². The van der Waals surface area contributed by atoms with Gasteiger partial charge in [-0.3, -0.25) is 0 Å². The third kappa shape index (κ3) is 14.3. The first kappa shape index (κ1) is 30.7. The maximum Gasteiger partial charge on any atom is 0.233 e. The van der Waals surface area contributed by atoms with E-state index in [0.29, 0.717) is 26.2 Å². The standard InChI is InChI=1S/C27H51IO6/c1-26(25-28)21-24-31-34-27(19-15-11-7-3-2-4-8-12-16-20-27)33-30-23-18-14-10-6-5-9-13-17-22-29-32-26/h2-25H2,1H3. The monoisotopic (exact) mass is 598 g/mol. The lowest BCUT2D eigenvalue weighted by molar-refractivity contribution is -0.516. The van der Waals surface area contributed by atoms with E-state index in [-0.39, 0.29) is 0 Å². The van der Waals surface area contributed by atoms with Crippen molar-refractivity contribution < 1.29 is 29.3 Å². The van der Waals surface area contributed by atoms with Crippen LogP contribution in [0.1, 0.15) is 135 Å². The molecule has 1 unspecified atom stereocenters. The lowest BCUT2D eigenvalue weighted by Gasteiger charge is -2.32. The molecule has 0 N–H and O–H groups in total. The lowest BCUT2D eigenvalue weighted by Crippen LogP contribution is -2.38. The summed E-state index contributed by atoms with van der Waals surface area (Å²) >= 11 is 2.35. The summed E-state index contributed by atoms with van der Waals surface area (Å²) in [4.78, 5) is 35.0. The Morgan fingerprint density at radius 1 is 0.471 bits per heavy atom. The Kier molecular flexibility index (Phi) is 17.7. The van der Waals surface area contributed by atoms with Crippen molar-refractivity contribution >= 4 is 22.6 Å². The molecule has 1 spiro atoms. The van der Waals surface area contributed by atoms with E-state index in [2.05, 4.69) is 29.5 Å². The van der Waals surface area contributed by atoms with E-state index in [0.717, 1.165) is 43.0 Å². The van der Waals surface area contributed by atoms with Crippen molar-refractivity contribution in [1.29, 1.82) is 0 Å². The molecule has 1 atom stereocenters. The van der Waals surface area contributed by atoms with Crippen molar-refractivity contribution in [3.63, 3.8) is 0 Å². The molecule has 2 aliphatic rings. The minimum Gasteiger partial charge on any atom is -0.236 e. The van der Waals surface area contributed by atoms with Crippen molar-refractivity contribution in [2.75, 3.05) is 24.2 Å². The molecule has 0 aromatic heterocycles. The Balaban J connectivity index is 1.95. The predicted octanol–water partition coefficient (Wildman–Crippen LogP) is 8.55. The van der Waals surface area contributed by atoms with Gasteiger partial charge in [0, 0.05) is 23.7 Å². The van der Waals surface area contributed by atoms with Crippen LogP contribution in [-0.4, -0.2) is 35.6 Å². The molecule has 1 heterocycles. The molecule has 1 saturated heterocycles. The normalized spacial score (nSPS) is 29.5. The van der Waals surface area contributed by atoms with E-state index >= 15 is 0 Å². The summed E-state index contributed by atoms with van der Waals surface area (Å²) in [5.41, 5.74) is -0.401. The van der Waals surface area contributed by atoms with Crippen LogP contribution in [0.3, 0.4) is 0 Å². The van der Waals surface area contributed by atoms with E-state index in [1.54, 1.807) is 0 Å². The molecule has 7 heteroatoms. The first-order valence-electron chi connectivity index (χ1n) is 14.2. The summed E-state index contributed by atoms with van der Waals surface area (Å²) in [6.45, 7) is 3.76. The van der Waals surface area contributed by atoms with Gasteiger partial charge in [0.25, 0.3) is 0 Å². The van der Waals surface area contributed by atoms with Gasteiger partial charge in [-0.05, 0) is 32.6 Å². The van der Waals surface area contributed by atoms with Crippen molar-refractivity contribution in [2.24, 2.45) is 0 Å². The van der Waals surface area contributed by atoms with Crippen LogP contribution in [0.2, 0.25) is 0 Å². The second-order valence-corrected chi connectivity index (χ2v) is 11.2. The molecule has 1 aliphatic heterocycles. The molecule has 0 bridgehead atoms. The number of hydrogen-bond donors (Lipinski definition) is 0. The average molecular weight is 599 g/mol. The van der Waals surface area contributed by atoms with E-state index in [4.69, 9.17) is 29.3 Å². The topological polar surface area (TPSA) is 55.4 Å². The van der Waals surface area contributed by atoms with Gasteiger partial charge >= 0.3 is 0 Å². The highest BCUT2D eigenvalue weighted by atomic mass is 127. The Labute approximate surface area is 222 Å². The predicted molar refractivity (Wildman–Crippen MR) is 143 cm³/mol. The van der Waals surface area contributed by atoms with Gasteiger partial charge in [0.15, 0.2) is 0 Å². The van der Waals surface area contributed by atoms with Crippen molar-refractivity contribution in [2.45, 2.75) is 147 Å².